The lowest BCUT2D eigenvalue weighted by Gasteiger charge is -2.11. The zero-order chi connectivity index (χ0) is 20.1. The number of nitrogens with zero attached hydrogens (tertiary/aromatic N) is 1. The van der Waals surface area contributed by atoms with Gasteiger partial charge in [0.2, 0.25) is 16.9 Å². The highest BCUT2D eigenvalue weighted by Crippen LogP contribution is 2.27. The predicted molar refractivity (Wildman–Crippen MR) is 104 cm³/mol. The molecule has 144 valence electrons. The second-order valence-electron chi connectivity index (χ2n) is 5.82. The number of hydrogen-bond acceptors (Lipinski definition) is 5. The van der Waals surface area contributed by atoms with E-state index in [1.165, 1.54) is 19.2 Å². The second kappa shape index (κ2) is 8.34. The van der Waals surface area contributed by atoms with Crippen molar-refractivity contribution in [2.45, 2.75) is 6.42 Å². The first kappa shape index (κ1) is 19.1. The summed E-state index contributed by atoms with van der Waals surface area (Å²) in [6.45, 7) is 0.254. The first-order valence-electron chi connectivity index (χ1n) is 8.46. The summed E-state index contributed by atoms with van der Waals surface area (Å²) >= 11 is 0. The van der Waals surface area contributed by atoms with Gasteiger partial charge in [-0.1, -0.05) is 18.2 Å². The Hall–Kier alpha value is -3.68. The van der Waals surface area contributed by atoms with Crippen LogP contribution in [0.15, 0.2) is 56.7 Å². The molecule has 0 saturated carbocycles. The summed E-state index contributed by atoms with van der Waals surface area (Å²) in [6, 6.07) is 10.9. The Morgan fingerprint density at radius 1 is 1.32 bits per heavy atom. The fourth-order valence-corrected chi connectivity index (χ4v) is 2.71. The maximum Gasteiger partial charge on any atom is 0.238 e. The summed E-state index contributed by atoms with van der Waals surface area (Å²) in [5, 5.41) is 20.1. The van der Waals surface area contributed by atoms with Crippen molar-refractivity contribution in [3.8, 4) is 11.5 Å². The molecule has 7 nitrogen and oxygen atoms in total. The molecule has 1 heterocycles. The van der Waals surface area contributed by atoms with Crippen LogP contribution in [0.5, 0.6) is 11.5 Å². The summed E-state index contributed by atoms with van der Waals surface area (Å²) in [6.07, 6.45) is 1.28. The van der Waals surface area contributed by atoms with Crippen molar-refractivity contribution in [3.63, 3.8) is 0 Å². The topological polar surface area (TPSA) is 108 Å². The molecule has 0 radical (unpaired) electrons. The Labute approximate surface area is 159 Å². The highest BCUT2D eigenvalue weighted by molar-refractivity contribution is 6.03. The number of rotatable bonds is 6. The standard InChI is InChI=1S/C20H18FN3O4/c1-23-20(24-11-22)19-18(26)17(25)16-14(3-2-4-15(16)28-19)27-10-9-12-5-7-13(21)8-6-12/h2-8,11,26H,9-10H2,1H3,(H2,22,23,24). The van der Waals surface area contributed by atoms with Crippen LogP contribution in [0.25, 0.3) is 11.0 Å². The zero-order valence-corrected chi connectivity index (χ0v) is 15.0. The Balaban J connectivity index is 1.93. The van der Waals surface area contributed by atoms with Crippen molar-refractivity contribution in [1.82, 2.24) is 5.32 Å². The minimum atomic E-state index is -0.665. The van der Waals surface area contributed by atoms with E-state index in [1.807, 2.05) is 0 Å². The number of ether oxygens (including phenoxy) is 1. The summed E-state index contributed by atoms with van der Waals surface area (Å²) in [5.41, 5.74) is 0.437. The summed E-state index contributed by atoms with van der Waals surface area (Å²) in [4.78, 5) is 16.4. The van der Waals surface area contributed by atoms with Crippen LogP contribution in [0.2, 0.25) is 0 Å². The van der Waals surface area contributed by atoms with Crippen LogP contribution in [-0.4, -0.2) is 30.9 Å². The van der Waals surface area contributed by atoms with E-state index in [1.54, 1.807) is 30.3 Å². The third-order valence-electron chi connectivity index (χ3n) is 4.06. The van der Waals surface area contributed by atoms with E-state index in [9.17, 15) is 14.3 Å². The largest absolute Gasteiger partial charge is 0.501 e. The van der Waals surface area contributed by atoms with Crippen LogP contribution in [0.4, 0.5) is 4.39 Å². The van der Waals surface area contributed by atoms with Crippen molar-refractivity contribution >= 4 is 23.1 Å². The lowest BCUT2D eigenvalue weighted by atomic mass is 10.1. The minimum Gasteiger partial charge on any atom is -0.501 e. The van der Waals surface area contributed by atoms with E-state index in [0.717, 1.165) is 11.9 Å². The predicted octanol–water partition coefficient (Wildman–Crippen LogP) is 2.83. The quantitative estimate of drug-likeness (QED) is 0.448. The molecule has 2 aromatic carbocycles. The molecule has 28 heavy (non-hydrogen) atoms. The number of hydrogen-bond donors (Lipinski definition) is 3. The maximum atomic E-state index is 13.0. The molecule has 0 unspecified atom stereocenters. The van der Waals surface area contributed by atoms with Crippen LogP contribution in [0.1, 0.15) is 11.3 Å². The molecule has 3 N–H and O–H groups in total. The van der Waals surface area contributed by atoms with E-state index in [4.69, 9.17) is 14.6 Å². The van der Waals surface area contributed by atoms with Crippen LogP contribution in [-0.2, 0) is 6.42 Å². The molecule has 3 rings (SSSR count). The third kappa shape index (κ3) is 3.85. The Kier molecular flexibility index (Phi) is 5.69. The number of fused-ring (bicyclic) bond motifs is 1. The van der Waals surface area contributed by atoms with E-state index >= 15 is 0 Å². The molecule has 1 aromatic heterocycles. The summed E-state index contributed by atoms with van der Waals surface area (Å²) < 4.78 is 24.3. The Morgan fingerprint density at radius 2 is 2.07 bits per heavy atom. The van der Waals surface area contributed by atoms with E-state index < -0.39 is 11.2 Å². The molecular formula is C20H18FN3O4. The number of aromatic hydroxyl groups is 1. The molecule has 3 aromatic rings. The Bertz CT molecular complexity index is 1090. The van der Waals surface area contributed by atoms with Gasteiger partial charge in [0, 0.05) is 13.5 Å². The van der Waals surface area contributed by atoms with Gasteiger partial charge in [-0.05, 0) is 29.8 Å². The van der Waals surface area contributed by atoms with Gasteiger partial charge in [-0.15, -0.1) is 0 Å². The SMILES string of the molecule is CN/C(=N\C=N)c1oc2cccc(OCCc3ccc(F)cc3)c2c(=O)c1O. The molecule has 0 atom stereocenters. The monoisotopic (exact) mass is 383 g/mol. The van der Waals surface area contributed by atoms with Crippen molar-refractivity contribution in [2.24, 2.45) is 4.99 Å². The highest BCUT2D eigenvalue weighted by Gasteiger charge is 2.20. The molecule has 0 aliphatic rings. The highest BCUT2D eigenvalue weighted by atomic mass is 19.1. The molecule has 0 bridgehead atoms. The van der Waals surface area contributed by atoms with Gasteiger partial charge >= 0.3 is 0 Å². The number of amidine groups is 1. The van der Waals surface area contributed by atoms with Gasteiger partial charge in [-0.2, -0.15) is 0 Å². The number of aliphatic imine (C=N–C) groups is 1. The van der Waals surface area contributed by atoms with Crippen molar-refractivity contribution in [2.75, 3.05) is 13.7 Å². The molecular weight excluding hydrogens is 365 g/mol. The molecule has 0 amide bonds. The Morgan fingerprint density at radius 3 is 2.75 bits per heavy atom. The van der Waals surface area contributed by atoms with E-state index in [-0.39, 0.29) is 40.7 Å². The normalized spacial score (nSPS) is 11.4. The summed E-state index contributed by atoms with van der Waals surface area (Å²) in [7, 11) is 1.53. The van der Waals surface area contributed by atoms with Gasteiger partial charge in [0.15, 0.2) is 5.84 Å². The first-order valence-corrected chi connectivity index (χ1v) is 8.46. The van der Waals surface area contributed by atoms with Gasteiger partial charge in [0.25, 0.3) is 0 Å². The van der Waals surface area contributed by atoms with Gasteiger partial charge in [-0.25, -0.2) is 9.38 Å². The minimum absolute atomic E-state index is 0.0501. The van der Waals surface area contributed by atoms with Gasteiger partial charge in [0.05, 0.1) is 6.61 Å². The smallest absolute Gasteiger partial charge is 0.238 e. The third-order valence-corrected chi connectivity index (χ3v) is 4.06. The van der Waals surface area contributed by atoms with Gasteiger partial charge in [0.1, 0.15) is 28.9 Å². The van der Waals surface area contributed by atoms with Gasteiger partial charge < -0.3 is 19.6 Å². The molecule has 0 aliphatic heterocycles. The lowest BCUT2D eigenvalue weighted by Crippen LogP contribution is -2.22. The second-order valence-corrected chi connectivity index (χ2v) is 5.82. The van der Waals surface area contributed by atoms with Gasteiger partial charge in [-0.3, -0.25) is 10.2 Å². The van der Waals surface area contributed by atoms with Crippen molar-refractivity contribution < 1.29 is 18.7 Å². The molecule has 0 aliphatic carbocycles. The molecule has 0 spiro atoms. The molecule has 0 saturated heterocycles. The fourth-order valence-electron chi connectivity index (χ4n) is 2.71. The van der Waals surface area contributed by atoms with E-state index in [0.29, 0.717) is 6.42 Å². The van der Waals surface area contributed by atoms with Crippen LogP contribution in [0, 0.1) is 11.2 Å². The van der Waals surface area contributed by atoms with Crippen LogP contribution < -0.4 is 15.5 Å². The zero-order valence-electron chi connectivity index (χ0n) is 15.0. The number of halogens is 1. The van der Waals surface area contributed by atoms with E-state index in [2.05, 4.69) is 10.3 Å². The molecule has 8 heteroatoms. The van der Waals surface area contributed by atoms with Crippen LogP contribution >= 0.6 is 0 Å². The lowest BCUT2D eigenvalue weighted by molar-refractivity contribution is 0.324. The summed E-state index contributed by atoms with van der Waals surface area (Å²) in [5.74, 6) is -0.779. The average Bonchev–Trinajstić information content (AvgIpc) is 2.70. The average molecular weight is 383 g/mol. The maximum absolute atomic E-state index is 13.0. The van der Waals surface area contributed by atoms with Crippen molar-refractivity contribution in [1.29, 1.82) is 5.41 Å². The van der Waals surface area contributed by atoms with Crippen LogP contribution in [0.3, 0.4) is 0 Å². The number of nitrogens with one attached hydrogen (secondary N) is 2. The number of benzene rings is 2. The fraction of sp³-hybridized carbons (Fsp3) is 0.150. The first-order chi connectivity index (χ1) is 13.5. The molecule has 0 fully saturated rings. The van der Waals surface area contributed by atoms with Crippen molar-refractivity contribution in [3.05, 3.63) is 69.8 Å².